The van der Waals surface area contributed by atoms with E-state index in [9.17, 15) is 0 Å². The van der Waals surface area contributed by atoms with Gasteiger partial charge in [-0.2, -0.15) is 0 Å². The molecule has 9 aromatic carbocycles. The van der Waals surface area contributed by atoms with Crippen molar-refractivity contribution in [2.45, 2.75) is 6.92 Å². The molecule has 0 amide bonds. The number of hydrogen-bond donors (Lipinski definition) is 0. The Kier molecular flexibility index (Phi) is 9.84. The van der Waals surface area contributed by atoms with E-state index < -0.39 is 0 Å². The van der Waals surface area contributed by atoms with Crippen LogP contribution in [0.1, 0.15) is 12.5 Å². The number of para-hydroxylation sites is 1. The monoisotopic (exact) mass is 821 g/mol. The Hall–Kier alpha value is -7.78. The third-order valence-corrected chi connectivity index (χ3v) is 13.6. The molecule has 0 unspecified atom stereocenters. The zero-order valence-electron chi connectivity index (χ0n) is 35.0. The molecule has 0 atom stereocenters. The molecule has 0 radical (unpaired) electrons. The van der Waals surface area contributed by atoms with Crippen molar-refractivity contribution in [3.8, 4) is 61.3 Å². The second-order valence-corrected chi connectivity index (χ2v) is 17.2. The summed E-state index contributed by atoms with van der Waals surface area (Å²) >= 11 is 1.90. The highest BCUT2D eigenvalue weighted by atomic mass is 32.1. The summed E-state index contributed by atoms with van der Waals surface area (Å²) in [5.74, 6) is 0. The highest BCUT2D eigenvalue weighted by molar-refractivity contribution is 7.26. The highest BCUT2D eigenvalue weighted by Gasteiger charge is 2.18. The fourth-order valence-corrected chi connectivity index (χ4v) is 10.7. The maximum absolute atomic E-state index is 3.85. The number of thiophene rings is 1. The van der Waals surface area contributed by atoms with Gasteiger partial charge in [0, 0.05) is 36.6 Å². The number of rotatable bonds is 9. The minimum absolute atomic E-state index is 1.15. The molecular weight excluding hydrogens is 779 g/mol. The summed E-state index contributed by atoms with van der Waals surface area (Å²) in [6.45, 7) is 6.05. The van der Waals surface area contributed by atoms with Gasteiger partial charge in [0.25, 0.3) is 0 Å². The number of nitrogens with zero attached hydrogens (tertiary/aromatic N) is 1. The van der Waals surface area contributed by atoms with E-state index in [0.717, 1.165) is 5.69 Å². The van der Waals surface area contributed by atoms with Crippen LogP contribution in [0, 0.1) is 0 Å². The summed E-state index contributed by atoms with van der Waals surface area (Å²) < 4.78 is 5.02. The Balaban J connectivity index is 1.11. The quantitative estimate of drug-likeness (QED) is 0.128. The van der Waals surface area contributed by atoms with Crippen LogP contribution in [0.3, 0.4) is 0 Å². The standard InChI is InChI=1S/C61H43NS/c1-3-4-7-18-41(2)52-28-16-30-55-56-31-17-29-53(61(56)63-60(52)55)50-37-48(45-24-14-23-44(35-45)42-19-8-5-9-20-42)36-49(38-50)47-33-34-59-57(40-47)54-27-12-13-32-58(54)62(59)51-26-15-25-46(39-51)43-21-10-6-11-22-43/h3-40H,1H2,2H3/b7-4-,41-18+. The van der Waals surface area contributed by atoms with E-state index in [0.29, 0.717) is 0 Å². The van der Waals surface area contributed by atoms with Gasteiger partial charge in [0.1, 0.15) is 0 Å². The molecule has 11 aromatic rings. The average molecular weight is 822 g/mol. The van der Waals surface area contributed by atoms with Gasteiger partial charge in [-0.3, -0.25) is 0 Å². The lowest BCUT2D eigenvalue weighted by Gasteiger charge is -2.14. The van der Waals surface area contributed by atoms with Gasteiger partial charge >= 0.3 is 0 Å². The second-order valence-electron chi connectivity index (χ2n) is 16.2. The minimum atomic E-state index is 1.15. The lowest BCUT2D eigenvalue weighted by atomic mass is 9.91. The average Bonchev–Trinajstić information content (AvgIpc) is 3.90. The topological polar surface area (TPSA) is 4.93 Å². The van der Waals surface area contributed by atoms with Crippen molar-refractivity contribution in [2.24, 2.45) is 0 Å². The molecule has 63 heavy (non-hydrogen) atoms. The van der Waals surface area contributed by atoms with Gasteiger partial charge < -0.3 is 4.57 Å². The van der Waals surface area contributed by atoms with Gasteiger partial charge in [0.15, 0.2) is 0 Å². The maximum atomic E-state index is 3.85. The van der Waals surface area contributed by atoms with E-state index in [1.54, 1.807) is 0 Å². The van der Waals surface area contributed by atoms with Crippen molar-refractivity contribution in [3.63, 3.8) is 0 Å². The van der Waals surface area contributed by atoms with Crippen molar-refractivity contribution in [3.05, 3.63) is 243 Å². The Morgan fingerprint density at radius 1 is 0.413 bits per heavy atom. The molecule has 0 aliphatic rings. The van der Waals surface area contributed by atoms with Crippen LogP contribution in [0.2, 0.25) is 0 Å². The number of hydrogen-bond acceptors (Lipinski definition) is 1. The lowest BCUT2D eigenvalue weighted by molar-refractivity contribution is 1.18. The molecule has 1 nitrogen and oxygen atoms in total. The molecule has 0 saturated heterocycles. The SMILES string of the molecule is C=C/C=C\C=C(/C)c1cccc2c1sc1c(-c3cc(-c4cccc(-c5ccccc5)c4)cc(-c4ccc5c(c4)c4ccccc4n5-c4cccc(-c5ccccc5)c4)c3)cccc12. The highest BCUT2D eigenvalue weighted by Crippen LogP contribution is 2.45. The van der Waals surface area contributed by atoms with Crippen molar-refractivity contribution in [1.82, 2.24) is 4.57 Å². The summed E-state index contributed by atoms with van der Waals surface area (Å²) in [5.41, 5.74) is 18.0. The molecule has 0 fully saturated rings. The van der Waals surface area contributed by atoms with Gasteiger partial charge in [-0.15, -0.1) is 11.3 Å². The van der Waals surface area contributed by atoms with E-state index in [1.165, 1.54) is 109 Å². The number of aromatic nitrogens is 1. The number of benzene rings is 9. The van der Waals surface area contributed by atoms with Crippen LogP contribution in [-0.2, 0) is 0 Å². The van der Waals surface area contributed by atoms with Gasteiger partial charge in [0.2, 0.25) is 0 Å². The van der Waals surface area contributed by atoms with Gasteiger partial charge in [-0.05, 0) is 128 Å². The van der Waals surface area contributed by atoms with E-state index in [4.69, 9.17) is 0 Å². The third-order valence-electron chi connectivity index (χ3n) is 12.3. The van der Waals surface area contributed by atoms with Crippen molar-refractivity contribution >= 4 is 58.9 Å². The van der Waals surface area contributed by atoms with E-state index in [-0.39, 0.29) is 0 Å². The molecule has 0 N–H and O–H groups in total. The summed E-state index contributed by atoms with van der Waals surface area (Å²) in [4.78, 5) is 0. The normalized spacial score (nSPS) is 12.0. The van der Waals surface area contributed by atoms with E-state index in [1.807, 2.05) is 23.5 Å². The Morgan fingerprint density at radius 3 is 1.70 bits per heavy atom. The molecule has 11 rings (SSSR count). The van der Waals surface area contributed by atoms with Gasteiger partial charge in [-0.25, -0.2) is 0 Å². The smallest absolute Gasteiger partial charge is 0.0541 e. The molecule has 2 heterocycles. The van der Waals surface area contributed by atoms with Crippen LogP contribution in [-0.4, -0.2) is 4.57 Å². The van der Waals surface area contributed by atoms with Crippen molar-refractivity contribution in [1.29, 1.82) is 0 Å². The van der Waals surface area contributed by atoms with Crippen LogP contribution >= 0.6 is 11.3 Å². The van der Waals surface area contributed by atoms with E-state index in [2.05, 4.69) is 236 Å². The van der Waals surface area contributed by atoms with Crippen LogP contribution in [0.15, 0.2) is 237 Å². The first kappa shape index (κ1) is 38.2. The molecular formula is C61H43NS. The molecule has 0 aliphatic heterocycles. The first-order chi connectivity index (χ1) is 31.1. The van der Waals surface area contributed by atoms with Crippen LogP contribution < -0.4 is 0 Å². The van der Waals surface area contributed by atoms with E-state index >= 15 is 0 Å². The van der Waals surface area contributed by atoms with Crippen LogP contribution in [0.4, 0.5) is 0 Å². The van der Waals surface area contributed by atoms with Gasteiger partial charge in [0.05, 0.1) is 11.0 Å². The molecule has 2 aromatic heterocycles. The predicted octanol–water partition coefficient (Wildman–Crippen LogP) is 17.6. The lowest BCUT2D eigenvalue weighted by Crippen LogP contribution is -1.94. The fraction of sp³-hybridized carbons (Fsp3) is 0.0164. The largest absolute Gasteiger partial charge is 0.309 e. The number of allylic oxidation sites excluding steroid dienone is 5. The summed E-state index contributed by atoms with van der Waals surface area (Å²) in [5, 5.41) is 5.04. The summed E-state index contributed by atoms with van der Waals surface area (Å²) in [7, 11) is 0. The molecule has 0 bridgehead atoms. The summed E-state index contributed by atoms with van der Waals surface area (Å²) in [6, 6.07) is 75.7. The Labute approximate surface area is 372 Å². The zero-order chi connectivity index (χ0) is 42.3. The molecule has 0 aliphatic carbocycles. The molecule has 2 heteroatoms. The Bertz CT molecular complexity index is 3580. The summed E-state index contributed by atoms with van der Waals surface area (Å²) in [6.07, 6.45) is 8.04. The fourth-order valence-electron chi connectivity index (χ4n) is 9.24. The maximum Gasteiger partial charge on any atom is 0.0541 e. The zero-order valence-corrected chi connectivity index (χ0v) is 35.8. The second kappa shape index (κ2) is 16.2. The minimum Gasteiger partial charge on any atom is -0.309 e. The number of fused-ring (bicyclic) bond motifs is 6. The van der Waals surface area contributed by atoms with Crippen molar-refractivity contribution in [2.75, 3.05) is 0 Å². The first-order valence-electron chi connectivity index (χ1n) is 21.5. The predicted molar refractivity (Wildman–Crippen MR) is 274 cm³/mol. The van der Waals surface area contributed by atoms with Crippen LogP contribution in [0.5, 0.6) is 0 Å². The Morgan fingerprint density at radius 2 is 0.952 bits per heavy atom. The first-order valence-corrected chi connectivity index (χ1v) is 22.3. The van der Waals surface area contributed by atoms with Gasteiger partial charge in [-0.1, -0.05) is 183 Å². The molecule has 0 saturated carbocycles. The third kappa shape index (κ3) is 7.01. The molecule has 298 valence electrons. The van der Waals surface area contributed by atoms with Crippen molar-refractivity contribution < 1.29 is 0 Å². The molecule has 0 spiro atoms. The van der Waals surface area contributed by atoms with Crippen LogP contribution in [0.25, 0.3) is 109 Å².